The van der Waals surface area contributed by atoms with Crippen LogP contribution in [0.25, 0.3) is 294 Å². The molecule has 30 rings (SSSR count). The zero-order chi connectivity index (χ0) is 96.2. The van der Waals surface area contributed by atoms with Crippen LogP contribution < -0.4 is 0 Å². The van der Waals surface area contributed by atoms with E-state index in [0.29, 0.717) is 0 Å². The Bertz CT molecular complexity index is 10400. The molecule has 30 aromatic carbocycles. The molecule has 0 N–H and O–H groups in total. The van der Waals surface area contributed by atoms with Gasteiger partial charge in [-0.3, -0.25) is 0 Å². The molecule has 676 valence electrons. The second-order valence-electron chi connectivity index (χ2n) is 38.9. The smallest absolute Gasteiger partial charge is 0.00201 e. The maximum Gasteiger partial charge on any atom is -0.00201 e. The molecule has 0 radical (unpaired) electrons. The Balaban J connectivity index is 0.000000107. The zero-order valence-corrected chi connectivity index (χ0v) is 80.1. The molecular weight excluding hydrogens is 1750 g/mol. The summed E-state index contributed by atoms with van der Waals surface area (Å²) in [5.41, 5.74) is 25.2. The van der Waals surface area contributed by atoms with Gasteiger partial charge in [0.1, 0.15) is 0 Å². The fraction of sp³-hybridized carbons (Fsp3) is 0. The van der Waals surface area contributed by atoms with E-state index < -0.39 is 0 Å². The largest absolute Gasteiger partial charge is 0.0616 e. The number of hydrogen-bond acceptors (Lipinski definition) is 0. The Kier molecular flexibility index (Phi) is 20.8. The Morgan fingerprint density at radius 2 is 0.267 bits per heavy atom. The molecule has 0 aliphatic rings. The third-order valence-corrected chi connectivity index (χ3v) is 30.8. The number of rotatable bonds is 10. The summed E-state index contributed by atoms with van der Waals surface area (Å²) in [6.07, 6.45) is 0. The monoisotopic (exact) mass is 1840 g/mol. The van der Waals surface area contributed by atoms with Crippen LogP contribution in [0.4, 0.5) is 0 Å². The number of benzene rings is 30. The molecular formula is C146H92. The molecule has 0 saturated heterocycles. The van der Waals surface area contributed by atoms with E-state index >= 15 is 0 Å². The van der Waals surface area contributed by atoms with Crippen molar-refractivity contribution in [3.8, 4) is 111 Å². The first-order chi connectivity index (χ1) is 72.4. The first kappa shape index (κ1) is 85.0. The average molecular weight is 1850 g/mol. The van der Waals surface area contributed by atoms with E-state index in [0.717, 1.165) is 0 Å². The van der Waals surface area contributed by atoms with Crippen molar-refractivity contribution in [1.29, 1.82) is 0 Å². The maximum absolute atomic E-state index is 2.39. The minimum absolute atomic E-state index is 1.23. The fourth-order valence-electron chi connectivity index (χ4n) is 24.1. The van der Waals surface area contributed by atoms with Gasteiger partial charge in [-0.1, -0.05) is 510 Å². The lowest BCUT2D eigenvalue weighted by Crippen LogP contribution is -1.93. The predicted octanol–water partition coefficient (Wildman–Crippen LogP) is 41.3. The highest BCUT2D eigenvalue weighted by molar-refractivity contribution is 6.30. The first-order valence-corrected chi connectivity index (χ1v) is 50.7. The van der Waals surface area contributed by atoms with E-state index in [1.165, 1.54) is 294 Å². The van der Waals surface area contributed by atoms with Gasteiger partial charge in [0.05, 0.1) is 0 Å². The highest BCUT2D eigenvalue weighted by Gasteiger charge is 2.26. The molecule has 0 bridgehead atoms. The van der Waals surface area contributed by atoms with E-state index in [4.69, 9.17) is 0 Å². The van der Waals surface area contributed by atoms with E-state index in [-0.39, 0.29) is 0 Å². The van der Waals surface area contributed by atoms with Crippen molar-refractivity contribution in [3.63, 3.8) is 0 Å². The van der Waals surface area contributed by atoms with Crippen molar-refractivity contribution >= 4 is 183 Å². The summed E-state index contributed by atoms with van der Waals surface area (Å²) < 4.78 is 0. The number of hydrogen-bond donors (Lipinski definition) is 0. The Labute approximate surface area is 846 Å². The van der Waals surface area contributed by atoms with Gasteiger partial charge in [-0.2, -0.15) is 0 Å². The van der Waals surface area contributed by atoms with Crippen LogP contribution in [0.1, 0.15) is 0 Å². The second-order valence-corrected chi connectivity index (χ2v) is 38.9. The maximum atomic E-state index is 2.39. The van der Waals surface area contributed by atoms with Crippen LogP contribution >= 0.6 is 0 Å². The molecule has 30 aromatic rings. The summed E-state index contributed by atoms with van der Waals surface area (Å²) in [6.45, 7) is 0. The second kappa shape index (κ2) is 35.7. The third-order valence-electron chi connectivity index (χ3n) is 30.8. The SMILES string of the molecule is c1ccc2c(-c3c4ccccc4c(-c4ccc(-c5cc6ccccc6c6ccccc56)c5ccccc45)c4ccccc34)cccc2c1.c1ccc2cc(-c3ccc4ccc(-c5c6ccccc6c(-c6cccc7c(-c8ccc9ccccc9c8)cccc67)c6ccccc56)cc4c3)ccc2c1.c1ccc2cc(-c3ccc4ccc(-c5c6ccccc6c(-c6cccc7ccccc67)c6ccccc56)cc4c3)ccc2c1. The van der Waals surface area contributed by atoms with E-state index in [1.807, 2.05) is 0 Å². The van der Waals surface area contributed by atoms with Gasteiger partial charge in [-0.25, -0.2) is 0 Å². The van der Waals surface area contributed by atoms with Crippen molar-refractivity contribution < 1.29 is 0 Å². The quantitative estimate of drug-likeness (QED) is 0.0946. The molecule has 0 atom stereocenters. The van der Waals surface area contributed by atoms with Gasteiger partial charge in [0.2, 0.25) is 0 Å². The summed E-state index contributed by atoms with van der Waals surface area (Å²) >= 11 is 0. The molecule has 0 amide bonds. The van der Waals surface area contributed by atoms with Gasteiger partial charge in [-0.05, 0) is 343 Å². The number of fused-ring (bicyclic) bond motifs is 18. The molecule has 146 heavy (non-hydrogen) atoms. The van der Waals surface area contributed by atoms with Crippen LogP contribution in [0.5, 0.6) is 0 Å². The highest BCUT2D eigenvalue weighted by Crippen LogP contribution is 2.53. The molecule has 0 fully saturated rings. The predicted molar refractivity (Wildman–Crippen MR) is 631 cm³/mol. The minimum Gasteiger partial charge on any atom is -0.0616 e. The topological polar surface area (TPSA) is 0 Å². The van der Waals surface area contributed by atoms with Crippen LogP contribution in [-0.2, 0) is 0 Å². The standard InChI is InChI=1S/C54H34.C48H30.C44H28/c1-3-13-38-31-40(27-23-35(38)11-1)41-28-24-37-26-30-43(34-44(37)33-41)53-49-15-5-7-17-51(49)54(52-18-8-6-16-50(52)53)48-22-10-20-46-45(19-9-21-47(46)48)42-29-25-36-12-2-4-14-39(36)32-42;1-3-17-33-31(14-1)16-13-27-40(33)47-41-23-9-11-25-43(41)48(44-26-12-10-24-42(44)47)45-29-28-39(36-20-6-7-21-37(36)45)46-30-32-15-2-4-18-34(32)35-19-5-8-22-38(35)46;1-2-12-32-26-33(23-20-29(32)10-1)34-24-21-30-22-25-35(28-36(30)27-34)43-39-15-5-7-17-41(39)44(42-18-8-6-16-40(42)43)38-19-9-13-31-11-3-4-14-37(31)38/h1-34H;1-30H;1-28H. The Morgan fingerprint density at radius 3 is 0.637 bits per heavy atom. The summed E-state index contributed by atoms with van der Waals surface area (Å²) in [6, 6.07) is 206. The van der Waals surface area contributed by atoms with Crippen LogP contribution in [0, 0.1) is 0 Å². The van der Waals surface area contributed by atoms with Crippen molar-refractivity contribution in [2.24, 2.45) is 0 Å². The van der Waals surface area contributed by atoms with Gasteiger partial charge < -0.3 is 0 Å². The van der Waals surface area contributed by atoms with E-state index in [9.17, 15) is 0 Å². The fourth-order valence-corrected chi connectivity index (χ4v) is 24.1. The molecule has 0 aliphatic carbocycles. The third kappa shape index (κ3) is 14.6. The molecule has 0 aromatic heterocycles. The highest BCUT2D eigenvalue weighted by atomic mass is 14.3. The van der Waals surface area contributed by atoms with Crippen LogP contribution in [0.3, 0.4) is 0 Å². The molecule has 0 aliphatic heterocycles. The van der Waals surface area contributed by atoms with Crippen molar-refractivity contribution in [1.82, 2.24) is 0 Å². The van der Waals surface area contributed by atoms with Crippen LogP contribution in [0.2, 0.25) is 0 Å². The first-order valence-electron chi connectivity index (χ1n) is 50.7. The van der Waals surface area contributed by atoms with Gasteiger partial charge in [0.15, 0.2) is 0 Å². The lowest BCUT2D eigenvalue weighted by molar-refractivity contribution is 1.66. The van der Waals surface area contributed by atoms with E-state index in [2.05, 4.69) is 558 Å². The van der Waals surface area contributed by atoms with E-state index in [1.54, 1.807) is 0 Å². The summed E-state index contributed by atoms with van der Waals surface area (Å²) in [5.74, 6) is 0. The lowest BCUT2D eigenvalue weighted by Gasteiger charge is -2.20. The van der Waals surface area contributed by atoms with Gasteiger partial charge >= 0.3 is 0 Å². The van der Waals surface area contributed by atoms with Crippen molar-refractivity contribution in [2.45, 2.75) is 0 Å². The molecule has 0 heterocycles. The normalized spacial score (nSPS) is 11.7. The summed E-state index contributed by atoms with van der Waals surface area (Å²) in [5, 5.41) is 43.1. The zero-order valence-electron chi connectivity index (χ0n) is 80.1. The van der Waals surface area contributed by atoms with Gasteiger partial charge in [0.25, 0.3) is 0 Å². The average Bonchev–Trinajstić information content (AvgIpc) is 0.761. The van der Waals surface area contributed by atoms with Crippen LogP contribution in [-0.4, -0.2) is 0 Å². The van der Waals surface area contributed by atoms with Gasteiger partial charge in [-0.15, -0.1) is 0 Å². The van der Waals surface area contributed by atoms with Gasteiger partial charge in [0, 0.05) is 0 Å². The molecule has 0 saturated carbocycles. The lowest BCUT2D eigenvalue weighted by atomic mass is 9.82. The molecule has 0 nitrogen and oxygen atoms in total. The molecule has 0 unspecified atom stereocenters. The molecule has 0 spiro atoms. The Morgan fingerprint density at radius 1 is 0.0685 bits per heavy atom. The van der Waals surface area contributed by atoms with Crippen molar-refractivity contribution in [2.75, 3.05) is 0 Å². The minimum atomic E-state index is 1.23. The molecule has 0 heteroatoms. The van der Waals surface area contributed by atoms with Crippen LogP contribution in [0.15, 0.2) is 558 Å². The summed E-state index contributed by atoms with van der Waals surface area (Å²) in [4.78, 5) is 0. The summed E-state index contributed by atoms with van der Waals surface area (Å²) in [7, 11) is 0. The van der Waals surface area contributed by atoms with Crippen molar-refractivity contribution in [3.05, 3.63) is 558 Å². The Hall–Kier alpha value is -19.0.